The minimum Gasteiger partial charge on any atom is -0.484 e. The Morgan fingerprint density at radius 1 is 1.18 bits per heavy atom. The van der Waals surface area contributed by atoms with Gasteiger partial charge in [-0.25, -0.2) is 4.79 Å². The number of fused-ring (bicyclic) bond motifs is 1. The Hall–Kier alpha value is -3.59. The number of carbonyl (C=O) groups excluding carboxylic acids is 1. The van der Waals surface area contributed by atoms with Gasteiger partial charge >= 0.3 is 5.63 Å². The fourth-order valence-electron chi connectivity index (χ4n) is 3.04. The largest absolute Gasteiger partial charge is 0.484 e. The maximum Gasteiger partial charge on any atom is 0.336 e. The summed E-state index contributed by atoms with van der Waals surface area (Å²) >= 11 is 0. The van der Waals surface area contributed by atoms with Crippen molar-refractivity contribution in [2.24, 2.45) is 0 Å². The first kappa shape index (κ1) is 19.2. The Balaban J connectivity index is 1.69. The maximum absolute atomic E-state index is 12.7. The number of likely N-dealkylation sites (N-methyl/N-ethyl adjacent to an activating group) is 1. The standard InChI is InChI=1S/C22H20N2O4/c1-3-24(15(2)17-6-4-16(13-23)5-7-17)21(25)14-27-19-10-8-18-9-11-22(26)28-20(18)12-19/h4-12,15H,3,14H2,1-2H3. The fraction of sp³-hybridized carbons (Fsp3) is 0.227. The average molecular weight is 376 g/mol. The lowest BCUT2D eigenvalue weighted by Gasteiger charge is -2.28. The van der Waals surface area contributed by atoms with Gasteiger partial charge in [0.1, 0.15) is 11.3 Å². The third kappa shape index (κ3) is 4.21. The van der Waals surface area contributed by atoms with Crippen LogP contribution in [0.25, 0.3) is 11.0 Å². The van der Waals surface area contributed by atoms with E-state index in [1.165, 1.54) is 6.07 Å². The summed E-state index contributed by atoms with van der Waals surface area (Å²) in [5.74, 6) is 0.297. The monoisotopic (exact) mass is 376 g/mol. The predicted octanol–water partition coefficient (Wildman–Crippen LogP) is 3.65. The van der Waals surface area contributed by atoms with Crippen LogP contribution in [0.3, 0.4) is 0 Å². The van der Waals surface area contributed by atoms with E-state index in [1.54, 1.807) is 41.3 Å². The third-order valence-electron chi connectivity index (χ3n) is 4.61. The molecule has 6 heteroatoms. The van der Waals surface area contributed by atoms with E-state index in [2.05, 4.69) is 6.07 Å². The molecule has 3 aromatic rings. The van der Waals surface area contributed by atoms with Gasteiger partial charge in [0.2, 0.25) is 0 Å². The molecule has 0 saturated heterocycles. The van der Waals surface area contributed by atoms with E-state index in [-0.39, 0.29) is 18.6 Å². The molecule has 2 aromatic carbocycles. The number of rotatable bonds is 6. The molecule has 0 aliphatic rings. The lowest BCUT2D eigenvalue weighted by Crippen LogP contribution is -2.36. The van der Waals surface area contributed by atoms with Gasteiger partial charge in [0.05, 0.1) is 17.7 Å². The highest BCUT2D eigenvalue weighted by Crippen LogP contribution is 2.22. The molecule has 28 heavy (non-hydrogen) atoms. The molecule has 1 unspecified atom stereocenters. The molecule has 1 atom stereocenters. The number of amides is 1. The number of carbonyl (C=O) groups is 1. The molecule has 0 radical (unpaired) electrons. The third-order valence-corrected chi connectivity index (χ3v) is 4.61. The molecule has 0 aliphatic heterocycles. The van der Waals surface area contributed by atoms with Crippen LogP contribution >= 0.6 is 0 Å². The van der Waals surface area contributed by atoms with Gasteiger partial charge in [0.15, 0.2) is 6.61 Å². The normalized spacial score (nSPS) is 11.6. The summed E-state index contributed by atoms with van der Waals surface area (Å²) in [7, 11) is 0. The van der Waals surface area contributed by atoms with Crippen LogP contribution in [-0.4, -0.2) is 24.0 Å². The molecule has 1 aromatic heterocycles. The van der Waals surface area contributed by atoms with Gasteiger partial charge < -0.3 is 14.1 Å². The van der Waals surface area contributed by atoms with Crippen LogP contribution in [0.2, 0.25) is 0 Å². The van der Waals surface area contributed by atoms with Crippen LogP contribution in [0.1, 0.15) is 31.0 Å². The summed E-state index contributed by atoms with van der Waals surface area (Å²) in [6.07, 6.45) is 0. The highest BCUT2D eigenvalue weighted by Gasteiger charge is 2.20. The summed E-state index contributed by atoms with van der Waals surface area (Å²) < 4.78 is 10.8. The zero-order chi connectivity index (χ0) is 20.1. The van der Waals surface area contributed by atoms with Crippen molar-refractivity contribution in [2.45, 2.75) is 19.9 Å². The van der Waals surface area contributed by atoms with Gasteiger partial charge in [-0.2, -0.15) is 5.26 Å². The Kier molecular flexibility index (Phi) is 5.75. The highest BCUT2D eigenvalue weighted by molar-refractivity contribution is 5.79. The number of nitrogens with zero attached hydrogens (tertiary/aromatic N) is 2. The average Bonchev–Trinajstić information content (AvgIpc) is 2.72. The minimum atomic E-state index is -0.436. The quantitative estimate of drug-likeness (QED) is 0.613. The van der Waals surface area contributed by atoms with Crippen LogP contribution in [0.15, 0.2) is 63.8 Å². The molecule has 142 valence electrons. The minimum absolute atomic E-state index is 0.128. The van der Waals surface area contributed by atoms with Gasteiger partial charge in [0, 0.05) is 24.1 Å². The molecular formula is C22H20N2O4. The molecular weight excluding hydrogens is 356 g/mol. The smallest absolute Gasteiger partial charge is 0.336 e. The van der Waals surface area contributed by atoms with Gasteiger partial charge in [0.25, 0.3) is 5.91 Å². The van der Waals surface area contributed by atoms with Crippen LogP contribution in [0, 0.1) is 11.3 Å². The van der Waals surface area contributed by atoms with Gasteiger partial charge in [-0.3, -0.25) is 4.79 Å². The maximum atomic E-state index is 12.7. The van der Waals surface area contributed by atoms with Crippen molar-refractivity contribution in [2.75, 3.05) is 13.2 Å². The molecule has 0 N–H and O–H groups in total. The van der Waals surface area contributed by atoms with Gasteiger partial charge in [-0.1, -0.05) is 12.1 Å². The van der Waals surface area contributed by atoms with Crippen LogP contribution in [-0.2, 0) is 4.79 Å². The number of hydrogen-bond acceptors (Lipinski definition) is 5. The number of nitriles is 1. The van der Waals surface area contributed by atoms with Crippen molar-refractivity contribution in [1.82, 2.24) is 4.90 Å². The summed E-state index contributed by atoms with van der Waals surface area (Å²) in [6, 6.07) is 17.3. The molecule has 0 saturated carbocycles. The molecule has 0 spiro atoms. The van der Waals surface area contributed by atoms with E-state index in [0.29, 0.717) is 23.4 Å². The molecule has 0 aliphatic carbocycles. The van der Waals surface area contributed by atoms with Crippen molar-refractivity contribution in [1.29, 1.82) is 5.26 Å². The fourth-order valence-corrected chi connectivity index (χ4v) is 3.04. The second kappa shape index (κ2) is 8.40. The molecule has 1 heterocycles. The van der Waals surface area contributed by atoms with E-state index in [0.717, 1.165) is 10.9 Å². The molecule has 0 bridgehead atoms. The van der Waals surface area contributed by atoms with Crippen LogP contribution in [0.5, 0.6) is 5.75 Å². The Labute approximate surface area is 162 Å². The van der Waals surface area contributed by atoms with Crippen molar-refractivity contribution < 1.29 is 13.9 Å². The van der Waals surface area contributed by atoms with E-state index in [9.17, 15) is 9.59 Å². The Morgan fingerprint density at radius 2 is 1.89 bits per heavy atom. The first-order valence-corrected chi connectivity index (χ1v) is 8.98. The second-order valence-corrected chi connectivity index (χ2v) is 6.33. The number of benzene rings is 2. The summed E-state index contributed by atoms with van der Waals surface area (Å²) in [4.78, 5) is 25.7. The van der Waals surface area contributed by atoms with Crippen molar-refractivity contribution >= 4 is 16.9 Å². The lowest BCUT2D eigenvalue weighted by atomic mass is 10.0. The van der Waals surface area contributed by atoms with Crippen molar-refractivity contribution in [3.8, 4) is 11.8 Å². The zero-order valence-electron chi connectivity index (χ0n) is 15.7. The molecule has 6 nitrogen and oxygen atoms in total. The second-order valence-electron chi connectivity index (χ2n) is 6.33. The highest BCUT2D eigenvalue weighted by atomic mass is 16.5. The lowest BCUT2D eigenvalue weighted by molar-refractivity contribution is -0.135. The summed E-state index contributed by atoms with van der Waals surface area (Å²) in [5.41, 5.74) is 1.50. The first-order chi connectivity index (χ1) is 13.5. The van der Waals surface area contributed by atoms with Crippen molar-refractivity contribution in [3.63, 3.8) is 0 Å². The van der Waals surface area contributed by atoms with E-state index in [4.69, 9.17) is 14.4 Å². The Morgan fingerprint density at radius 3 is 2.57 bits per heavy atom. The Bertz CT molecular complexity index is 1080. The molecule has 1 amide bonds. The zero-order valence-corrected chi connectivity index (χ0v) is 15.7. The topological polar surface area (TPSA) is 83.5 Å². The van der Waals surface area contributed by atoms with E-state index in [1.807, 2.05) is 26.0 Å². The van der Waals surface area contributed by atoms with Crippen molar-refractivity contribution in [3.05, 3.63) is 76.1 Å². The van der Waals surface area contributed by atoms with Crippen LogP contribution in [0.4, 0.5) is 0 Å². The summed E-state index contributed by atoms with van der Waals surface area (Å²) in [5, 5.41) is 9.70. The predicted molar refractivity (Wildman–Crippen MR) is 105 cm³/mol. The van der Waals surface area contributed by atoms with E-state index >= 15 is 0 Å². The first-order valence-electron chi connectivity index (χ1n) is 8.98. The summed E-state index contributed by atoms with van der Waals surface area (Å²) in [6.45, 7) is 4.24. The molecule has 0 fully saturated rings. The number of hydrogen-bond donors (Lipinski definition) is 0. The van der Waals surface area contributed by atoms with E-state index < -0.39 is 5.63 Å². The van der Waals surface area contributed by atoms with Crippen LogP contribution < -0.4 is 10.4 Å². The van der Waals surface area contributed by atoms with Gasteiger partial charge in [-0.05, 0) is 49.7 Å². The van der Waals surface area contributed by atoms with Gasteiger partial charge in [-0.15, -0.1) is 0 Å². The molecule has 3 rings (SSSR count). The SMILES string of the molecule is CCN(C(=O)COc1ccc2ccc(=O)oc2c1)C(C)c1ccc(C#N)cc1. The number of ether oxygens (including phenoxy) is 1.